The van der Waals surface area contributed by atoms with E-state index in [0.717, 1.165) is 82.6 Å². The molecule has 0 aliphatic rings. The van der Waals surface area contributed by atoms with Gasteiger partial charge in [-0.3, -0.25) is 4.98 Å². The third-order valence-corrected chi connectivity index (χ3v) is 14.3. The highest BCUT2D eigenvalue weighted by molar-refractivity contribution is 6.14. The summed E-state index contributed by atoms with van der Waals surface area (Å²) in [7, 11) is 0. The fourth-order valence-corrected chi connectivity index (χ4v) is 10.6. The number of aromatic nitrogens is 3. The number of rotatable bonds is 7. The molecule has 78 heavy (non-hydrogen) atoms. The monoisotopic (exact) mass is 989 g/mol. The molecule has 0 saturated carbocycles. The summed E-state index contributed by atoms with van der Waals surface area (Å²) in [4.78, 5) is 16.1. The van der Waals surface area contributed by atoms with Crippen LogP contribution in [0.3, 0.4) is 0 Å². The van der Waals surface area contributed by atoms with E-state index in [9.17, 15) is 26.3 Å². The van der Waals surface area contributed by atoms with E-state index >= 15 is 0 Å². The molecule has 11 heteroatoms. The Labute approximate surface area is 446 Å². The molecule has 12 rings (SSSR count). The van der Waals surface area contributed by atoms with Gasteiger partial charge in [0.1, 0.15) is 0 Å². The molecule has 9 aromatic carbocycles. The van der Waals surface area contributed by atoms with Gasteiger partial charge in [0, 0.05) is 38.2 Å². The molecule has 12 aromatic rings. The molecular formula is C67H31N11. The molecule has 3 heterocycles. The van der Waals surface area contributed by atoms with Crippen LogP contribution >= 0.6 is 0 Å². The van der Waals surface area contributed by atoms with Gasteiger partial charge in [-0.25, -0.2) is 14.5 Å². The summed E-state index contributed by atoms with van der Waals surface area (Å²) in [6, 6.07) is 65.7. The van der Waals surface area contributed by atoms with Crippen LogP contribution in [-0.4, -0.2) is 14.1 Å². The summed E-state index contributed by atoms with van der Waals surface area (Å²) in [6.07, 6.45) is 3.64. The number of hydrogen-bond donors (Lipinski definition) is 0. The Hall–Kier alpha value is -12.4. The maximum Gasteiger partial charge on any atom is 0.196 e. The van der Waals surface area contributed by atoms with Crippen molar-refractivity contribution in [3.8, 4) is 97.4 Å². The van der Waals surface area contributed by atoms with Crippen molar-refractivity contribution in [2.75, 3.05) is 0 Å². The molecule has 0 N–H and O–H groups in total. The van der Waals surface area contributed by atoms with E-state index in [0.29, 0.717) is 72.9 Å². The number of nitrogens with zero attached hydrogens (tertiary/aromatic N) is 11. The maximum atomic E-state index is 10.4. The van der Waals surface area contributed by atoms with Gasteiger partial charge in [0.2, 0.25) is 0 Å². The van der Waals surface area contributed by atoms with E-state index in [-0.39, 0.29) is 0 Å². The average Bonchev–Trinajstić information content (AvgIpc) is 4.07. The lowest BCUT2D eigenvalue weighted by Crippen LogP contribution is -2.05. The van der Waals surface area contributed by atoms with Gasteiger partial charge in [0.15, 0.2) is 17.1 Å². The first kappa shape index (κ1) is 46.7. The Kier molecular flexibility index (Phi) is 11.3. The van der Waals surface area contributed by atoms with Crippen molar-refractivity contribution in [3.63, 3.8) is 0 Å². The van der Waals surface area contributed by atoms with Gasteiger partial charge in [0.25, 0.3) is 0 Å². The van der Waals surface area contributed by atoms with Crippen molar-refractivity contribution in [2.45, 2.75) is 0 Å². The van der Waals surface area contributed by atoms with E-state index in [2.05, 4.69) is 78.3 Å². The quantitative estimate of drug-likeness (QED) is 0.145. The summed E-state index contributed by atoms with van der Waals surface area (Å²) in [5.41, 5.74) is 15.0. The zero-order chi connectivity index (χ0) is 53.6. The molecule has 11 nitrogen and oxygen atoms in total. The number of nitriles is 5. The van der Waals surface area contributed by atoms with Crippen LogP contribution in [-0.2, 0) is 0 Å². The topological polar surface area (TPSA) is 155 Å². The molecule has 0 radical (unpaired) electrons. The molecule has 354 valence electrons. The molecule has 3 aromatic heterocycles. The highest BCUT2D eigenvalue weighted by atomic mass is 15.0. The van der Waals surface area contributed by atoms with E-state index in [1.165, 1.54) is 0 Å². The van der Waals surface area contributed by atoms with Crippen molar-refractivity contribution < 1.29 is 0 Å². The minimum absolute atomic E-state index is 0.334. The Balaban J connectivity index is 1.22. The van der Waals surface area contributed by atoms with Crippen molar-refractivity contribution in [1.29, 1.82) is 26.3 Å². The minimum atomic E-state index is 0.334. The molecule has 0 fully saturated rings. The number of fused-ring (bicyclic) bond motifs is 6. The van der Waals surface area contributed by atoms with E-state index in [1.54, 1.807) is 78.9 Å². The van der Waals surface area contributed by atoms with E-state index in [1.807, 2.05) is 85.2 Å². The summed E-state index contributed by atoms with van der Waals surface area (Å²) in [5.74, 6) is 0. The SMILES string of the molecule is [C-]#[N+]c1ccc(-c2ccc3c4ccc(-c5ccc(C#N)cc5[N+]#[C-])cc4n(-c4cncc(-n5c6cc(-c7ccc(C#N)cc7C#N)ccc6c6ccc(-c7ccc([N+]#[C-])cc7C#N)cc65)c4-c4ccc(C#N)cc4)c3c2)cc1. The van der Waals surface area contributed by atoms with Crippen LogP contribution in [0, 0.1) is 76.4 Å². The third-order valence-electron chi connectivity index (χ3n) is 14.3. The average molecular weight is 990 g/mol. The van der Waals surface area contributed by atoms with Gasteiger partial charge < -0.3 is 9.13 Å². The molecular weight excluding hydrogens is 959 g/mol. The minimum Gasteiger partial charge on any atom is -0.307 e. The zero-order valence-electron chi connectivity index (χ0n) is 40.8. The van der Waals surface area contributed by atoms with Crippen molar-refractivity contribution >= 4 is 60.7 Å². The van der Waals surface area contributed by atoms with Crippen LogP contribution in [0.15, 0.2) is 188 Å². The third kappa shape index (κ3) is 7.66. The first-order chi connectivity index (χ1) is 38.3. The number of pyridine rings is 1. The summed E-state index contributed by atoms with van der Waals surface area (Å²) < 4.78 is 4.31. The number of benzene rings is 9. The molecule has 0 aliphatic carbocycles. The van der Waals surface area contributed by atoms with Gasteiger partial charge >= 0.3 is 0 Å². The summed E-state index contributed by atoms with van der Waals surface area (Å²) in [6.45, 7) is 23.4. The normalized spacial score (nSPS) is 10.7. The zero-order valence-corrected chi connectivity index (χ0v) is 40.8. The Morgan fingerprint density at radius 1 is 0.346 bits per heavy atom. The fraction of sp³-hybridized carbons (Fsp3) is 0. The molecule has 0 spiro atoms. The van der Waals surface area contributed by atoms with Crippen LogP contribution in [0.2, 0.25) is 0 Å². The Morgan fingerprint density at radius 2 is 0.756 bits per heavy atom. The lowest BCUT2D eigenvalue weighted by Gasteiger charge is -2.20. The molecule has 0 unspecified atom stereocenters. The van der Waals surface area contributed by atoms with Gasteiger partial charge in [0.05, 0.1) is 113 Å². The Bertz CT molecular complexity index is 4810. The van der Waals surface area contributed by atoms with Crippen LogP contribution < -0.4 is 0 Å². The highest BCUT2D eigenvalue weighted by Crippen LogP contribution is 2.45. The maximum absolute atomic E-state index is 10.4. The fourth-order valence-electron chi connectivity index (χ4n) is 10.6. The van der Waals surface area contributed by atoms with Crippen LogP contribution in [0.4, 0.5) is 17.1 Å². The predicted octanol–water partition coefficient (Wildman–Crippen LogP) is 16.6. The smallest absolute Gasteiger partial charge is 0.196 e. The van der Waals surface area contributed by atoms with E-state index < -0.39 is 0 Å². The predicted molar refractivity (Wildman–Crippen MR) is 302 cm³/mol. The second-order valence-corrected chi connectivity index (χ2v) is 18.4. The van der Waals surface area contributed by atoms with Gasteiger partial charge in [-0.2, -0.15) is 26.3 Å². The molecule has 0 amide bonds. The first-order valence-corrected chi connectivity index (χ1v) is 24.2. The van der Waals surface area contributed by atoms with Crippen molar-refractivity contribution in [3.05, 3.63) is 250 Å². The molecule has 0 aliphatic heterocycles. The lowest BCUT2D eigenvalue weighted by atomic mass is 9.96. The van der Waals surface area contributed by atoms with Crippen LogP contribution in [0.25, 0.3) is 125 Å². The first-order valence-electron chi connectivity index (χ1n) is 24.2. The van der Waals surface area contributed by atoms with Crippen LogP contribution in [0.5, 0.6) is 0 Å². The van der Waals surface area contributed by atoms with E-state index in [4.69, 9.17) is 24.7 Å². The molecule has 0 atom stereocenters. The molecule has 0 saturated heterocycles. The highest BCUT2D eigenvalue weighted by Gasteiger charge is 2.25. The van der Waals surface area contributed by atoms with Gasteiger partial charge in [-0.15, -0.1) is 0 Å². The van der Waals surface area contributed by atoms with Crippen molar-refractivity contribution in [2.24, 2.45) is 0 Å². The van der Waals surface area contributed by atoms with Crippen molar-refractivity contribution in [1.82, 2.24) is 14.1 Å². The standard InChI is InChI=1S/C67H31N11/c1-73-51-16-10-43(11-17-51)45-12-21-56-59-24-15-48(55-20-7-42(35-70)27-60(55)75-3)32-64(59)77(61(56)29-45)65-38-76-39-66(67(65)44-8-4-40(33-68)5-9-44)78-62-30-46(53-19-6-41(34-69)26-49(53)36-71)13-22-57(62)58-23-14-47(31-63(58)78)54-25-18-52(74-2)28-50(54)37-72/h4-32,38-39H. The number of hydrogen-bond acceptors (Lipinski definition) is 6. The van der Waals surface area contributed by atoms with Gasteiger partial charge in [-0.1, -0.05) is 109 Å². The Morgan fingerprint density at radius 3 is 1.26 bits per heavy atom. The van der Waals surface area contributed by atoms with Crippen LogP contribution in [0.1, 0.15) is 27.8 Å². The summed E-state index contributed by atoms with van der Waals surface area (Å²) in [5, 5.41) is 54.1. The second-order valence-electron chi connectivity index (χ2n) is 18.4. The lowest BCUT2D eigenvalue weighted by molar-refractivity contribution is 1.09. The molecule has 0 bridgehead atoms. The van der Waals surface area contributed by atoms with Gasteiger partial charge in [-0.05, 0) is 117 Å². The second kappa shape index (κ2) is 18.9. The summed E-state index contributed by atoms with van der Waals surface area (Å²) >= 11 is 0. The largest absolute Gasteiger partial charge is 0.307 e.